The zero-order valence-electron chi connectivity index (χ0n) is 17.0. The maximum Gasteiger partial charge on any atom is 0.273 e. The lowest BCUT2D eigenvalue weighted by Crippen LogP contribution is -2.49. The van der Waals surface area contributed by atoms with Gasteiger partial charge in [0.05, 0.1) is 10.6 Å². The first kappa shape index (κ1) is 23.0. The highest BCUT2D eigenvalue weighted by atomic mass is 35.5. The van der Waals surface area contributed by atoms with Crippen molar-refractivity contribution in [2.75, 3.05) is 58.7 Å². The summed E-state index contributed by atoms with van der Waals surface area (Å²) in [5, 5.41) is 5.44. The van der Waals surface area contributed by atoms with Gasteiger partial charge in [0.2, 0.25) is 0 Å². The molecular weight excluding hydrogens is 445 g/mol. The summed E-state index contributed by atoms with van der Waals surface area (Å²) < 4.78 is 0. The van der Waals surface area contributed by atoms with Gasteiger partial charge in [-0.05, 0) is 51.8 Å². The highest BCUT2D eigenvalue weighted by Crippen LogP contribution is 2.23. The van der Waals surface area contributed by atoms with Crippen molar-refractivity contribution in [3.63, 3.8) is 0 Å². The Bertz CT molecular complexity index is 897. The Morgan fingerprint density at radius 1 is 1.20 bits per heavy atom. The van der Waals surface area contributed by atoms with Crippen molar-refractivity contribution in [2.24, 2.45) is 0 Å². The van der Waals surface area contributed by atoms with Gasteiger partial charge in [-0.3, -0.25) is 19.8 Å². The molecule has 0 saturated carbocycles. The fourth-order valence-electron chi connectivity index (χ4n) is 3.21. The number of halogens is 2. The maximum absolute atomic E-state index is 12.8. The van der Waals surface area contributed by atoms with Crippen molar-refractivity contribution >= 4 is 51.5 Å². The van der Waals surface area contributed by atoms with Gasteiger partial charge in [0, 0.05) is 36.6 Å². The van der Waals surface area contributed by atoms with Crippen LogP contribution < -0.4 is 5.32 Å². The topological polar surface area (TPSA) is 68.8 Å². The minimum absolute atomic E-state index is 0.107. The first-order valence-corrected chi connectivity index (χ1v) is 11.4. The van der Waals surface area contributed by atoms with Crippen molar-refractivity contribution in [1.82, 2.24) is 19.7 Å². The van der Waals surface area contributed by atoms with E-state index in [1.165, 1.54) is 17.4 Å². The van der Waals surface area contributed by atoms with Gasteiger partial charge in [-0.15, -0.1) is 11.3 Å². The Hall–Kier alpha value is -1.71. The third-order valence-corrected chi connectivity index (χ3v) is 6.16. The lowest BCUT2D eigenvalue weighted by molar-refractivity contribution is 0.0628. The van der Waals surface area contributed by atoms with Crippen LogP contribution in [0.3, 0.4) is 0 Å². The molecule has 2 heterocycles. The second kappa shape index (κ2) is 10.5. The molecule has 2 amide bonds. The number of hydrogen-bond acceptors (Lipinski definition) is 6. The first-order valence-electron chi connectivity index (χ1n) is 9.72. The molecule has 1 N–H and O–H groups in total. The van der Waals surface area contributed by atoms with Crippen LogP contribution in [-0.2, 0) is 0 Å². The number of hydrogen-bond donors (Lipinski definition) is 1. The van der Waals surface area contributed by atoms with E-state index in [-0.39, 0.29) is 10.9 Å². The van der Waals surface area contributed by atoms with Gasteiger partial charge in [0.25, 0.3) is 11.8 Å². The van der Waals surface area contributed by atoms with Crippen LogP contribution in [0.1, 0.15) is 27.3 Å². The molecule has 0 radical (unpaired) electrons. The molecule has 1 aromatic carbocycles. The lowest BCUT2D eigenvalue weighted by atomic mass is 10.2. The van der Waals surface area contributed by atoms with E-state index in [0.29, 0.717) is 34.5 Å². The molecule has 30 heavy (non-hydrogen) atoms. The number of aromatic nitrogens is 1. The number of piperazine rings is 1. The normalized spacial score (nSPS) is 14.9. The molecule has 162 valence electrons. The summed E-state index contributed by atoms with van der Waals surface area (Å²) in [6.07, 6.45) is 1.12. The van der Waals surface area contributed by atoms with Crippen molar-refractivity contribution in [3.05, 3.63) is 44.9 Å². The molecule has 0 atom stereocenters. The molecule has 2 aromatic rings. The molecule has 3 rings (SSSR count). The zero-order valence-corrected chi connectivity index (χ0v) is 19.4. The largest absolute Gasteiger partial charge is 0.335 e. The average molecular weight is 470 g/mol. The van der Waals surface area contributed by atoms with Gasteiger partial charge in [-0.25, -0.2) is 4.98 Å². The van der Waals surface area contributed by atoms with Crippen LogP contribution in [0.4, 0.5) is 5.13 Å². The van der Waals surface area contributed by atoms with E-state index in [4.69, 9.17) is 23.2 Å². The van der Waals surface area contributed by atoms with Crippen molar-refractivity contribution in [3.8, 4) is 0 Å². The number of nitrogens with zero attached hydrogens (tertiary/aromatic N) is 4. The molecule has 0 aliphatic carbocycles. The average Bonchev–Trinajstić information content (AvgIpc) is 3.16. The molecule has 10 heteroatoms. The van der Waals surface area contributed by atoms with Crippen LogP contribution in [0.2, 0.25) is 10.0 Å². The van der Waals surface area contributed by atoms with Gasteiger partial charge >= 0.3 is 0 Å². The summed E-state index contributed by atoms with van der Waals surface area (Å²) in [4.78, 5) is 35.9. The summed E-state index contributed by atoms with van der Waals surface area (Å²) >= 11 is 13.2. The Morgan fingerprint density at radius 2 is 1.93 bits per heavy atom. The lowest BCUT2D eigenvalue weighted by Gasteiger charge is -2.34. The van der Waals surface area contributed by atoms with Crippen LogP contribution in [0.5, 0.6) is 0 Å². The van der Waals surface area contributed by atoms with E-state index in [1.807, 2.05) is 4.90 Å². The number of amides is 2. The molecular formula is C20H25Cl2N5O2S. The van der Waals surface area contributed by atoms with E-state index < -0.39 is 5.91 Å². The fourth-order valence-corrected chi connectivity index (χ4v) is 4.39. The second-order valence-electron chi connectivity index (χ2n) is 7.41. The van der Waals surface area contributed by atoms with Crippen molar-refractivity contribution < 1.29 is 9.59 Å². The van der Waals surface area contributed by atoms with Gasteiger partial charge < -0.3 is 9.80 Å². The van der Waals surface area contributed by atoms with Crippen LogP contribution in [0.25, 0.3) is 0 Å². The SMILES string of the molecule is CN(C)CCCN1CCN(C(=O)c2csc(NC(=O)c3ccc(Cl)cc3Cl)n2)CC1. The smallest absolute Gasteiger partial charge is 0.273 e. The molecule has 1 aliphatic rings. The van der Waals surface area contributed by atoms with Gasteiger partial charge in [-0.1, -0.05) is 23.2 Å². The molecule has 0 bridgehead atoms. The van der Waals surface area contributed by atoms with Crippen molar-refractivity contribution in [2.45, 2.75) is 6.42 Å². The highest BCUT2D eigenvalue weighted by Gasteiger charge is 2.24. The van der Waals surface area contributed by atoms with E-state index in [9.17, 15) is 9.59 Å². The summed E-state index contributed by atoms with van der Waals surface area (Å²) in [5.41, 5.74) is 0.646. The number of nitrogens with one attached hydrogen (secondary N) is 1. The van der Waals surface area contributed by atoms with E-state index in [0.717, 1.165) is 32.6 Å². The number of carbonyl (C=O) groups excluding carboxylic acids is 2. The Morgan fingerprint density at radius 3 is 2.60 bits per heavy atom. The monoisotopic (exact) mass is 469 g/mol. The summed E-state index contributed by atoms with van der Waals surface area (Å²) in [7, 11) is 4.15. The van der Waals surface area contributed by atoms with Gasteiger partial charge in [0.1, 0.15) is 5.69 Å². The number of benzene rings is 1. The van der Waals surface area contributed by atoms with Crippen LogP contribution in [0.15, 0.2) is 23.6 Å². The first-order chi connectivity index (χ1) is 14.3. The Kier molecular flexibility index (Phi) is 8.07. The highest BCUT2D eigenvalue weighted by molar-refractivity contribution is 7.14. The summed E-state index contributed by atoms with van der Waals surface area (Å²) in [6, 6.07) is 4.66. The van der Waals surface area contributed by atoms with E-state index in [2.05, 4.69) is 34.2 Å². The third kappa shape index (κ3) is 6.15. The maximum atomic E-state index is 12.8. The molecule has 0 unspecified atom stereocenters. The predicted octanol–water partition coefficient (Wildman–Crippen LogP) is 3.41. The molecule has 1 aliphatic heterocycles. The van der Waals surface area contributed by atoms with E-state index in [1.54, 1.807) is 17.5 Å². The fraction of sp³-hybridized carbons (Fsp3) is 0.450. The molecule has 1 fully saturated rings. The van der Waals surface area contributed by atoms with E-state index >= 15 is 0 Å². The third-order valence-electron chi connectivity index (χ3n) is 4.86. The molecule has 7 nitrogen and oxygen atoms in total. The van der Waals surface area contributed by atoms with Crippen LogP contribution in [-0.4, -0.2) is 84.9 Å². The quantitative estimate of drug-likeness (QED) is 0.672. The Labute approximate surface area is 190 Å². The Balaban J connectivity index is 1.52. The standard InChI is InChI=1S/C20H25Cl2N5O2S/c1-25(2)6-3-7-26-8-10-27(11-9-26)19(29)17-13-30-20(23-17)24-18(28)15-5-4-14(21)12-16(15)22/h4-5,12-13H,3,6-11H2,1-2H3,(H,23,24,28). The van der Waals surface area contributed by atoms with Crippen LogP contribution in [0, 0.1) is 0 Å². The number of thiazole rings is 1. The molecule has 1 saturated heterocycles. The minimum atomic E-state index is -0.392. The van der Waals surface area contributed by atoms with Crippen molar-refractivity contribution in [1.29, 1.82) is 0 Å². The number of anilines is 1. The number of carbonyl (C=O) groups is 2. The van der Waals surface area contributed by atoms with Gasteiger partial charge in [0.15, 0.2) is 5.13 Å². The molecule has 1 aromatic heterocycles. The van der Waals surface area contributed by atoms with Gasteiger partial charge in [-0.2, -0.15) is 0 Å². The summed E-state index contributed by atoms with van der Waals surface area (Å²) in [6.45, 7) is 5.19. The molecule has 0 spiro atoms. The summed E-state index contributed by atoms with van der Waals surface area (Å²) in [5.74, 6) is -0.499. The predicted molar refractivity (Wildman–Crippen MR) is 122 cm³/mol. The minimum Gasteiger partial charge on any atom is -0.335 e. The second-order valence-corrected chi connectivity index (χ2v) is 9.11. The zero-order chi connectivity index (χ0) is 21.7. The van der Waals surface area contributed by atoms with Crippen LogP contribution >= 0.6 is 34.5 Å². The number of rotatable bonds is 7.